The first-order chi connectivity index (χ1) is 7.16. The van der Waals surface area contributed by atoms with Crippen molar-refractivity contribution in [3.8, 4) is 5.75 Å². The van der Waals surface area contributed by atoms with Crippen LogP contribution < -0.4 is 10.5 Å². The number of halogens is 2. The van der Waals surface area contributed by atoms with Crippen LogP contribution >= 0.6 is 0 Å². The summed E-state index contributed by atoms with van der Waals surface area (Å²) in [6.45, 7) is 0.995. The van der Waals surface area contributed by atoms with Gasteiger partial charge >= 0.3 is 0 Å². The maximum absolute atomic E-state index is 13.3. The Kier molecular flexibility index (Phi) is 2.73. The van der Waals surface area contributed by atoms with Crippen molar-refractivity contribution in [2.75, 3.05) is 18.9 Å². The Morgan fingerprint density at radius 3 is 2.80 bits per heavy atom. The zero-order chi connectivity index (χ0) is 10.8. The lowest BCUT2D eigenvalue weighted by atomic mass is 10.2. The number of ether oxygens (including phenoxy) is 2. The number of rotatable bonds is 2. The molecule has 1 unspecified atom stereocenters. The summed E-state index contributed by atoms with van der Waals surface area (Å²) in [5, 5.41) is 0. The van der Waals surface area contributed by atoms with Crippen LogP contribution in [0.4, 0.5) is 14.5 Å². The molecule has 1 saturated heterocycles. The van der Waals surface area contributed by atoms with Crippen LogP contribution in [-0.2, 0) is 4.74 Å². The Balaban J connectivity index is 2.16. The first-order valence-corrected chi connectivity index (χ1v) is 4.66. The standard InChI is InChI=1S/C10H11F2NO2/c11-7-4-10(8(12)3-9(7)13)15-6-1-2-14-5-6/h3-4,6H,1-2,5,13H2. The van der Waals surface area contributed by atoms with Crippen LogP contribution in [0, 0.1) is 11.6 Å². The van der Waals surface area contributed by atoms with Crippen LogP contribution in [-0.4, -0.2) is 19.3 Å². The van der Waals surface area contributed by atoms with Crippen LogP contribution in [0.25, 0.3) is 0 Å². The van der Waals surface area contributed by atoms with Gasteiger partial charge in [0.25, 0.3) is 0 Å². The van der Waals surface area contributed by atoms with Gasteiger partial charge in [0.15, 0.2) is 11.6 Å². The summed E-state index contributed by atoms with van der Waals surface area (Å²) in [4.78, 5) is 0. The fourth-order valence-electron chi connectivity index (χ4n) is 1.42. The molecule has 2 rings (SSSR count). The van der Waals surface area contributed by atoms with E-state index >= 15 is 0 Å². The van der Waals surface area contributed by atoms with Gasteiger partial charge in [-0.05, 0) is 0 Å². The van der Waals surface area contributed by atoms with E-state index in [4.69, 9.17) is 15.2 Å². The van der Waals surface area contributed by atoms with Gasteiger partial charge in [-0.25, -0.2) is 8.78 Å². The molecular formula is C10H11F2NO2. The molecule has 1 aromatic rings. The van der Waals surface area contributed by atoms with E-state index in [0.717, 1.165) is 12.1 Å². The molecule has 5 heteroatoms. The maximum Gasteiger partial charge on any atom is 0.167 e. The molecule has 3 nitrogen and oxygen atoms in total. The van der Waals surface area contributed by atoms with Gasteiger partial charge in [0.05, 0.1) is 18.9 Å². The fraction of sp³-hybridized carbons (Fsp3) is 0.400. The maximum atomic E-state index is 13.3. The second-order valence-corrected chi connectivity index (χ2v) is 3.41. The van der Waals surface area contributed by atoms with Crippen molar-refractivity contribution in [1.82, 2.24) is 0 Å². The summed E-state index contributed by atoms with van der Waals surface area (Å²) in [7, 11) is 0. The molecule has 1 fully saturated rings. The molecule has 0 bridgehead atoms. The SMILES string of the molecule is Nc1cc(F)c(OC2CCOC2)cc1F. The molecule has 0 spiro atoms. The number of benzene rings is 1. The van der Waals surface area contributed by atoms with Gasteiger partial charge in [-0.1, -0.05) is 0 Å². The van der Waals surface area contributed by atoms with Crippen molar-refractivity contribution in [1.29, 1.82) is 0 Å². The molecule has 0 aromatic heterocycles. The fourth-order valence-corrected chi connectivity index (χ4v) is 1.42. The highest BCUT2D eigenvalue weighted by Crippen LogP contribution is 2.25. The predicted molar refractivity (Wildman–Crippen MR) is 50.6 cm³/mol. The second kappa shape index (κ2) is 4.02. The lowest BCUT2D eigenvalue weighted by Crippen LogP contribution is -2.16. The van der Waals surface area contributed by atoms with Crippen molar-refractivity contribution < 1.29 is 18.3 Å². The second-order valence-electron chi connectivity index (χ2n) is 3.41. The van der Waals surface area contributed by atoms with Gasteiger partial charge in [-0.2, -0.15) is 0 Å². The van der Waals surface area contributed by atoms with Gasteiger partial charge in [0.1, 0.15) is 11.9 Å². The molecule has 82 valence electrons. The Morgan fingerprint density at radius 2 is 2.13 bits per heavy atom. The average Bonchev–Trinajstić information content (AvgIpc) is 2.67. The van der Waals surface area contributed by atoms with E-state index in [2.05, 4.69) is 0 Å². The molecule has 0 radical (unpaired) electrons. The zero-order valence-electron chi connectivity index (χ0n) is 8.00. The highest BCUT2D eigenvalue weighted by molar-refractivity contribution is 5.44. The Morgan fingerprint density at radius 1 is 1.33 bits per heavy atom. The van der Waals surface area contributed by atoms with Crippen molar-refractivity contribution >= 4 is 5.69 Å². The minimum absolute atomic E-state index is 0.114. The van der Waals surface area contributed by atoms with Crippen LogP contribution in [0.15, 0.2) is 12.1 Å². The van der Waals surface area contributed by atoms with Crippen LogP contribution in [0.1, 0.15) is 6.42 Å². The molecule has 1 atom stereocenters. The molecule has 2 N–H and O–H groups in total. The van der Waals surface area contributed by atoms with E-state index in [1.807, 2.05) is 0 Å². The summed E-state index contributed by atoms with van der Waals surface area (Å²) in [5.41, 5.74) is 4.98. The van der Waals surface area contributed by atoms with E-state index in [0.29, 0.717) is 19.6 Å². The van der Waals surface area contributed by atoms with Crippen LogP contribution in [0.3, 0.4) is 0 Å². The predicted octanol–water partition coefficient (Wildman–Crippen LogP) is 1.71. The van der Waals surface area contributed by atoms with Crippen molar-refractivity contribution in [3.63, 3.8) is 0 Å². The largest absolute Gasteiger partial charge is 0.485 e. The number of hydrogen-bond acceptors (Lipinski definition) is 3. The van der Waals surface area contributed by atoms with E-state index in [-0.39, 0.29) is 17.5 Å². The smallest absolute Gasteiger partial charge is 0.167 e. The van der Waals surface area contributed by atoms with E-state index < -0.39 is 11.6 Å². The third-order valence-corrected chi connectivity index (χ3v) is 2.23. The average molecular weight is 215 g/mol. The quantitative estimate of drug-likeness (QED) is 0.764. The van der Waals surface area contributed by atoms with Crippen LogP contribution in [0.2, 0.25) is 0 Å². The van der Waals surface area contributed by atoms with E-state index in [1.54, 1.807) is 0 Å². The first kappa shape index (κ1) is 10.2. The molecule has 1 heterocycles. The summed E-state index contributed by atoms with van der Waals surface area (Å²) in [5.74, 6) is -1.44. The topological polar surface area (TPSA) is 44.5 Å². The number of anilines is 1. The van der Waals surface area contributed by atoms with E-state index in [1.165, 1.54) is 0 Å². The third kappa shape index (κ3) is 2.18. The molecule has 0 aliphatic carbocycles. The van der Waals surface area contributed by atoms with Crippen molar-refractivity contribution in [3.05, 3.63) is 23.8 Å². The monoisotopic (exact) mass is 215 g/mol. The van der Waals surface area contributed by atoms with Gasteiger partial charge in [-0.15, -0.1) is 0 Å². The van der Waals surface area contributed by atoms with Crippen LogP contribution in [0.5, 0.6) is 5.75 Å². The van der Waals surface area contributed by atoms with Gasteiger partial charge in [0, 0.05) is 18.6 Å². The molecular weight excluding hydrogens is 204 g/mol. The molecule has 0 amide bonds. The lowest BCUT2D eigenvalue weighted by Gasteiger charge is -2.12. The summed E-state index contributed by atoms with van der Waals surface area (Å²) < 4.78 is 36.6. The first-order valence-electron chi connectivity index (χ1n) is 4.66. The lowest BCUT2D eigenvalue weighted by molar-refractivity contribution is 0.138. The van der Waals surface area contributed by atoms with Gasteiger partial charge < -0.3 is 15.2 Å². The molecule has 1 aliphatic heterocycles. The van der Waals surface area contributed by atoms with Crippen molar-refractivity contribution in [2.45, 2.75) is 12.5 Å². The van der Waals surface area contributed by atoms with E-state index in [9.17, 15) is 8.78 Å². The Labute approximate surface area is 85.8 Å². The van der Waals surface area contributed by atoms with Gasteiger partial charge in [-0.3, -0.25) is 0 Å². The molecule has 1 aliphatic rings. The normalized spacial score (nSPS) is 20.5. The molecule has 1 aromatic carbocycles. The Bertz CT molecular complexity index is 365. The molecule has 15 heavy (non-hydrogen) atoms. The van der Waals surface area contributed by atoms with Crippen molar-refractivity contribution in [2.24, 2.45) is 0 Å². The summed E-state index contributed by atoms with van der Waals surface area (Å²) in [6, 6.07) is 1.88. The zero-order valence-corrected chi connectivity index (χ0v) is 8.00. The summed E-state index contributed by atoms with van der Waals surface area (Å²) in [6.07, 6.45) is 0.480. The number of nitrogens with two attached hydrogens (primary N) is 1. The van der Waals surface area contributed by atoms with Gasteiger partial charge in [0.2, 0.25) is 0 Å². The Hall–Kier alpha value is -1.36. The highest BCUT2D eigenvalue weighted by atomic mass is 19.1. The molecule has 0 saturated carbocycles. The minimum Gasteiger partial charge on any atom is -0.485 e. The number of nitrogen functional groups attached to an aromatic ring is 1. The highest BCUT2D eigenvalue weighted by Gasteiger charge is 2.19. The minimum atomic E-state index is -0.676. The summed E-state index contributed by atoms with van der Waals surface area (Å²) >= 11 is 0. The third-order valence-electron chi connectivity index (χ3n) is 2.23. The number of hydrogen-bond donors (Lipinski definition) is 1.